The summed E-state index contributed by atoms with van der Waals surface area (Å²) in [5.41, 5.74) is 2.75. The van der Waals surface area contributed by atoms with Crippen molar-refractivity contribution in [1.82, 2.24) is 15.8 Å². The average Bonchev–Trinajstić information content (AvgIpc) is 2.75. The molecule has 122 valence electrons. The maximum absolute atomic E-state index is 12.2. The van der Waals surface area contributed by atoms with Crippen molar-refractivity contribution in [3.05, 3.63) is 46.8 Å². The molecule has 1 aromatic carbocycles. The lowest BCUT2D eigenvalue weighted by Crippen LogP contribution is -2.37. The maximum Gasteiger partial charge on any atom is 0.315 e. The van der Waals surface area contributed by atoms with Crippen LogP contribution in [0, 0.1) is 13.8 Å². The molecule has 2 N–H and O–H groups in total. The first-order valence-electron chi connectivity index (χ1n) is 7.83. The van der Waals surface area contributed by atoms with Gasteiger partial charge < -0.3 is 19.9 Å². The topological polar surface area (TPSA) is 76.4 Å². The maximum atomic E-state index is 12.2. The summed E-state index contributed by atoms with van der Waals surface area (Å²) in [4.78, 5) is 12.2. The van der Waals surface area contributed by atoms with Gasteiger partial charge in [0.05, 0.1) is 18.3 Å². The first kappa shape index (κ1) is 15.4. The zero-order chi connectivity index (χ0) is 16.2. The van der Waals surface area contributed by atoms with Crippen LogP contribution < -0.4 is 15.4 Å². The number of fused-ring (bicyclic) bond motifs is 1. The summed E-state index contributed by atoms with van der Waals surface area (Å²) in [5, 5.41) is 9.80. The fourth-order valence-corrected chi connectivity index (χ4v) is 2.81. The monoisotopic (exact) mass is 315 g/mol. The standard InChI is InChI=1S/C17H21N3O3/c1-11-14(12(2)23-20-11)10-18-17(21)19-15-7-5-9-22-16-8-4-3-6-13(15)16/h3-4,6,8,15H,5,7,9-10H2,1-2H3,(H2,18,19,21). The number of ether oxygens (including phenoxy) is 1. The van der Waals surface area contributed by atoms with Gasteiger partial charge in [0.25, 0.3) is 0 Å². The van der Waals surface area contributed by atoms with Crippen molar-refractivity contribution in [3.8, 4) is 5.75 Å². The first-order chi connectivity index (χ1) is 11.1. The summed E-state index contributed by atoms with van der Waals surface area (Å²) in [6, 6.07) is 7.60. The minimum Gasteiger partial charge on any atom is -0.493 e. The first-order valence-corrected chi connectivity index (χ1v) is 7.83. The average molecular weight is 315 g/mol. The highest BCUT2D eigenvalue weighted by Crippen LogP contribution is 2.30. The lowest BCUT2D eigenvalue weighted by molar-refractivity contribution is 0.235. The predicted molar refractivity (Wildman–Crippen MR) is 85.3 cm³/mol. The van der Waals surface area contributed by atoms with Crippen LogP contribution in [0.5, 0.6) is 5.75 Å². The molecule has 1 aromatic heterocycles. The highest BCUT2D eigenvalue weighted by atomic mass is 16.5. The molecule has 3 rings (SSSR count). The lowest BCUT2D eigenvalue weighted by atomic mass is 10.0. The van der Waals surface area contributed by atoms with Crippen molar-refractivity contribution in [3.63, 3.8) is 0 Å². The van der Waals surface area contributed by atoms with E-state index >= 15 is 0 Å². The van der Waals surface area contributed by atoms with E-state index in [1.54, 1.807) is 0 Å². The van der Waals surface area contributed by atoms with E-state index in [4.69, 9.17) is 9.26 Å². The highest BCUT2D eigenvalue weighted by Gasteiger charge is 2.21. The molecule has 0 saturated heterocycles. The minimum atomic E-state index is -0.202. The quantitative estimate of drug-likeness (QED) is 0.913. The summed E-state index contributed by atoms with van der Waals surface area (Å²) in [5.74, 6) is 1.58. The molecule has 0 bridgehead atoms. The third-order valence-corrected chi connectivity index (χ3v) is 4.10. The van der Waals surface area contributed by atoms with Gasteiger partial charge in [-0.3, -0.25) is 0 Å². The molecule has 6 nitrogen and oxygen atoms in total. The number of nitrogens with one attached hydrogen (secondary N) is 2. The molecular weight excluding hydrogens is 294 g/mol. The number of carbonyl (C=O) groups is 1. The van der Waals surface area contributed by atoms with Gasteiger partial charge >= 0.3 is 6.03 Å². The van der Waals surface area contributed by atoms with Crippen molar-refractivity contribution in [2.45, 2.75) is 39.3 Å². The van der Waals surface area contributed by atoms with Gasteiger partial charge in [0.1, 0.15) is 11.5 Å². The third kappa shape index (κ3) is 3.47. The Morgan fingerprint density at radius 1 is 1.35 bits per heavy atom. The molecule has 2 aromatic rings. The lowest BCUT2D eigenvalue weighted by Gasteiger charge is -2.18. The van der Waals surface area contributed by atoms with Gasteiger partial charge in [-0.15, -0.1) is 0 Å². The van der Waals surface area contributed by atoms with Gasteiger partial charge in [-0.25, -0.2) is 4.79 Å². The van der Waals surface area contributed by atoms with E-state index in [1.165, 1.54) is 0 Å². The Balaban J connectivity index is 1.64. The Morgan fingerprint density at radius 3 is 2.96 bits per heavy atom. The van der Waals surface area contributed by atoms with E-state index in [2.05, 4.69) is 15.8 Å². The molecule has 1 aliphatic rings. The summed E-state index contributed by atoms with van der Waals surface area (Å²) in [6.45, 7) is 4.78. The number of nitrogens with zero attached hydrogens (tertiary/aromatic N) is 1. The normalized spacial score (nSPS) is 16.9. The Hall–Kier alpha value is -2.50. The molecule has 0 aliphatic carbocycles. The number of urea groups is 1. The van der Waals surface area contributed by atoms with Gasteiger partial charge in [0, 0.05) is 17.7 Å². The van der Waals surface area contributed by atoms with Gasteiger partial charge in [-0.1, -0.05) is 23.4 Å². The smallest absolute Gasteiger partial charge is 0.315 e. The van der Waals surface area contributed by atoms with Crippen molar-refractivity contribution in [1.29, 1.82) is 0 Å². The SMILES string of the molecule is Cc1noc(C)c1CNC(=O)NC1CCCOc2ccccc21. The van der Waals surface area contributed by atoms with Crippen LogP contribution in [0.1, 0.15) is 41.5 Å². The molecule has 0 spiro atoms. The van der Waals surface area contributed by atoms with E-state index in [9.17, 15) is 4.79 Å². The fourth-order valence-electron chi connectivity index (χ4n) is 2.81. The molecular formula is C17H21N3O3. The van der Waals surface area contributed by atoms with Crippen LogP contribution in [0.25, 0.3) is 0 Å². The number of aryl methyl sites for hydroxylation is 2. The summed E-state index contributed by atoms with van der Waals surface area (Å²) >= 11 is 0. The minimum absolute atomic E-state index is 0.0432. The molecule has 6 heteroatoms. The molecule has 0 saturated carbocycles. The van der Waals surface area contributed by atoms with E-state index < -0.39 is 0 Å². The van der Waals surface area contributed by atoms with Gasteiger partial charge in [-0.05, 0) is 32.8 Å². The Morgan fingerprint density at radius 2 is 2.17 bits per heavy atom. The Bertz CT molecular complexity index is 677. The largest absolute Gasteiger partial charge is 0.493 e. The summed E-state index contributed by atoms with van der Waals surface area (Å²) in [7, 11) is 0. The zero-order valence-corrected chi connectivity index (χ0v) is 13.4. The Labute approximate surface area is 135 Å². The second-order valence-electron chi connectivity index (χ2n) is 5.71. The molecule has 1 aliphatic heterocycles. The van der Waals surface area contributed by atoms with E-state index in [0.29, 0.717) is 13.2 Å². The van der Waals surface area contributed by atoms with Crippen LogP contribution in [0.15, 0.2) is 28.8 Å². The second-order valence-corrected chi connectivity index (χ2v) is 5.71. The van der Waals surface area contributed by atoms with E-state index in [0.717, 1.165) is 41.2 Å². The van der Waals surface area contributed by atoms with Gasteiger partial charge in [0.15, 0.2) is 0 Å². The number of rotatable bonds is 3. The van der Waals surface area contributed by atoms with Crippen molar-refractivity contribution in [2.24, 2.45) is 0 Å². The predicted octanol–water partition coefficient (Wildman–Crippen LogP) is 3.00. The van der Waals surface area contributed by atoms with Crippen molar-refractivity contribution >= 4 is 6.03 Å². The molecule has 1 atom stereocenters. The second kappa shape index (κ2) is 6.73. The molecule has 2 amide bonds. The van der Waals surface area contributed by atoms with Crippen molar-refractivity contribution in [2.75, 3.05) is 6.61 Å². The number of para-hydroxylation sites is 1. The molecule has 0 radical (unpaired) electrons. The van der Waals surface area contributed by atoms with Crippen LogP contribution >= 0.6 is 0 Å². The van der Waals surface area contributed by atoms with Crippen LogP contribution in [0.2, 0.25) is 0 Å². The molecule has 23 heavy (non-hydrogen) atoms. The van der Waals surface area contributed by atoms with Crippen LogP contribution in [0.3, 0.4) is 0 Å². The van der Waals surface area contributed by atoms with E-state index in [-0.39, 0.29) is 12.1 Å². The van der Waals surface area contributed by atoms with Crippen molar-refractivity contribution < 1.29 is 14.1 Å². The molecule has 2 heterocycles. The van der Waals surface area contributed by atoms with Crippen LogP contribution in [-0.4, -0.2) is 17.8 Å². The number of aromatic nitrogens is 1. The van der Waals surface area contributed by atoms with Gasteiger partial charge in [0.2, 0.25) is 0 Å². The summed E-state index contributed by atoms with van der Waals surface area (Å²) in [6.07, 6.45) is 1.76. The number of hydrogen-bond acceptors (Lipinski definition) is 4. The third-order valence-electron chi connectivity index (χ3n) is 4.10. The fraction of sp³-hybridized carbons (Fsp3) is 0.412. The number of hydrogen-bond donors (Lipinski definition) is 2. The Kier molecular flexibility index (Phi) is 4.50. The highest BCUT2D eigenvalue weighted by molar-refractivity contribution is 5.74. The number of carbonyl (C=O) groups excluding carboxylic acids is 1. The molecule has 0 fully saturated rings. The van der Waals surface area contributed by atoms with Gasteiger partial charge in [-0.2, -0.15) is 0 Å². The zero-order valence-electron chi connectivity index (χ0n) is 13.4. The van der Waals surface area contributed by atoms with Crippen LogP contribution in [0.4, 0.5) is 4.79 Å². The van der Waals surface area contributed by atoms with Crippen LogP contribution in [-0.2, 0) is 6.54 Å². The van der Waals surface area contributed by atoms with E-state index in [1.807, 2.05) is 38.1 Å². The molecule has 1 unspecified atom stereocenters. The number of amides is 2. The number of benzene rings is 1. The summed E-state index contributed by atoms with van der Waals surface area (Å²) < 4.78 is 10.8.